The van der Waals surface area contributed by atoms with E-state index in [1.165, 1.54) is 5.56 Å². The van der Waals surface area contributed by atoms with Crippen molar-refractivity contribution in [3.63, 3.8) is 0 Å². The molecular formula is C15H27NO. The Morgan fingerprint density at radius 2 is 2.00 bits per heavy atom. The number of furan rings is 1. The smallest absolute Gasteiger partial charge is 0.0934 e. The Morgan fingerprint density at radius 3 is 2.47 bits per heavy atom. The topological polar surface area (TPSA) is 25.2 Å². The summed E-state index contributed by atoms with van der Waals surface area (Å²) in [6.07, 6.45) is 4.70. The van der Waals surface area contributed by atoms with Crippen LogP contribution in [0.3, 0.4) is 0 Å². The highest BCUT2D eigenvalue weighted by Crippen LogP contribution is 2.30. The minimum absolute atomic E-state index is 0.290. The van der Waals surface area contributed by atoms with E-state index < -0.39 is 0 Å². The first-order valence-electron chi connectivity index (χ1n) is 6.66. The third kappa shape index (κ3) is 4.55. The molecule has 0 aliphatic heterocycles. The summed E-state index contributed by atoms with van der Waals surface area (Å²) < 4.78 is 5.16. The predicted octanol–water partition coefficient (Wildman–Crippen LogP) is 3.73. The molecule has 0 aromatic carbocycles. The molecular weight excluding hydrogens is 210 g/mol. The van der Waals surface area contributed by atoms with Gasteiger partial charge in [-0.1, -0.05) is 34.6 Å². The van der Waals surface area contributed by atoms with E-state index in [0.29, 0.717) is 17.3 Å². The van der Waals surface area contributed by atoms with Gasteiger partial charge in [0.15, 0.2) is 0 Å². The zero-order valence-electron chi connectivity index (χ0n) is 11.9. The largest absolute Gasteiger partial charge is 0.472 e. The van der Waals surface area contributed by atoms with Gasteiger partial charge in [0.05, 0.1) is 12.5 Å². The molecule has 0 saturated carbocycles. The van der Waals surface area contributed by atoms with Gasteiger partial charge in [0.1, 0.15) is 0 Å². The summed E-state index contributed by atoms with van der Waals surface area (Å²) in [4.78, 5) is 0. The highest BCUT2D eigenvalue weighted by Gasteiger charge is 2.28. The Kier molecular flexibility index (Phi) is 5.26. The number of hydrogen-bond donors (Lipinski definition) is 1. The normalized spacial score (nSPS) is 15.5. The van der Waals surface area contributed by atoms with Crippen LogP contribution < -0.4 is 5.32 Å². The first-order chi connectivity index (χ1) is 7.94. The third-order valence-corrected chi connectivity index (χ3v) is 3.66. The van der Waals surface area contributed by atoms with Gasteiger partial charge in [0.2, 0.25) is 0 Å². The number of rotatable bonds is 7. The van der Waals surface area contributed by atoms with E-state index in [9.17, 15) is 0 Å². The minimum atomic E-state index is 0.290. The summed E-state index contributed by atoms with van der Waals surface area (Å²) in [5.74, 6) is 1.36. The number of nitrogens with one attached hydrogen (secondary N) is 1. The molecule has 1 unspecified atom stereocenters. The summed E-state index contributed by atoms with van der Waals surface area (Å²) in [5.41, 5.74) is 1.59. The molecule has 1 N–H and O–H groups in total. The van der Waals surface area contributed by atoms with Crippen LogP contribution in [0.15, 0.2) is 23.0 Å². The van der Waals surface area contributed by atoms with Crippen LogP contribution in [0.4, 0.5) is 0 Å². The predicted molar refractivity (Wildman–Crippen MR) is 73.1 cm³/mol. The monoisotopic (exact) mass is 237 g/mol. The van der Waals surface area contributed by atoms with Crippen LogP contribution in [-0.4, -0.2) is 13.1 Å². The average molecular weight is 237 g/mol. The van der Waals surface area contributed by atoms with Gasteiger partial charge < -0.3 is 9.73 Å². The van der Waals surface area contributed by atoms with Crippen LogP contribution in [0.2, 0.25) is 0 Å². The van der Waals surface area contributed by atoms with Crippen LogP contribution in [0.1, 0.15) is 40.2 Å². The van der Waals surface area contributed by atoms with Gasteiger partial charge in [-0.3, -0.25) is 0 Å². The van der Waals surface area contributed by atoms with Crippen molar-refractivity contribution < 1.29 is 4.42 Å². The molecule has 1 atom stereocenters. The van der Waals surface area contributed by atoms with Crippen molar-refractivity contribution in [3.05, 3.63) is 24.2 Å². The average Bonchev–Trinajstić information content (AvgIpc) is 2.69. The van der Waals surface area contributed by atoms with Gasteiger partial charge >= 0.3 is 0 Å². The lowest BCUT2D eigenvalue weighted by Crippen LogP contribution is -2.39. The summed E-state index contributed by atoms with van der Waals surface area (Å²) in [7, 11) is 0. The standard InChI is InChI=1S/C15H27NO/c1-12(2)9-16-11-15(5,13(3)4)8-14-6-7-17-10-14/h6-7,10,12-13,16H,8-9,11H2,1-5H3. The molecule has 0 spiro atoms. The first kappa shape index (κ1) is 14.3. The van der Waals surface area contributed by atoms with Gasteiger partial charge in [-0.2, -0.15) is 0 Å². The summed E-state index contributed by atoms with van der Waals surface area (Å²) >= 11 is 0. The Balaban J connectivity index is 2.56. The Bertz CT molecular complexity index is 303. The van der Waals surface area contributed by atoms with Gasteiger partial charge in [-0.25, -0.2) is 0 Å². The summed E-state index contributed by atoms with van der Waals surface area (Å²) in [5, 5.41) is 3.59. The lowest BCUT2D eigenvalue weighted by atomic mass is 9.74. The lowest BCUT2D eigenvalue weighted by molar-refractivity contribution is 0.204. The maximum absolute atomic E-state index is 5.16. The van der Waals surface area contributed by atoms with Crippen molar-refractivity contribution in [2.45, 2.75) is 41.0 Å². The molecule has 1 aromatic heterocycles. The SMILES string of the molecule is CC(C)CNCC(C)(Cc1ccoc1)C(C)C. The van der Waals surface area contributed by atoms with E-state index in [4.69, 9.17) is 4.42 Å². The molecule has 0 amide bonds. The van der Waals surface area contributed by atoms with Crippen LogP contribution >= 0.6 is 0 Å². The van der Waals surface area contributed by atoms with Crippen LogP contribution in [0.25, 0.3) is 0 Å². The highest BCUT2D eigenvalue weighted by molar-refractivity contribution is 5.09. The van der Waals surface area contributed by atoms with Gasteiger partial charge in [0.25, 0.3) is 0 Å². The number of hydrogen-bond acceptors (Lipinski definition) is 2. The van der Waals surface area contributed by atoms with Crippen molar-refractivity contribution >= 4 is 0 Å². The molecule has 2 nitrogen and oxygen atoms in total. The Hall–Kier alpha value is -0.760. The van der Waals surface area contributed by atoms with Crippen molar-refractivity contribution in [2.24, 2.45) is 17.3 Å². The Morgan fingerprint density at radius 1 is 1.29 bits per heavy atom. The van der Waals surface area contributed by atoms with E-state index in [-0.39, 0.29) is 0 Å². The molecule has 1 heterocycles. The maximum Gasteiger partial charge on any atom is 0.0934 e. The molecule has 1 aromatic rings. The fraction of sp³-hybridized carbons (Fsp3) is 0.733. The summed E-state index contributed by atoms with van der Waals surface area (Å²) in [6.45, 7) is 13.6. The van der Waals surface area contributed by atoms with E-state index in [2.05, 4.69) is 46.0 Å². The molecule has 0 fully saturated rings. The maximum atomic E-state index is 5.16. The molecule has 0 bridgehead atoms. The zero-order valence-corrected chi connectivity index (χ0v) is 11.9. The van der Waals surface area contributed by atoms with Gasteiger partial charge in [-0.15, -0.1) is 0 Å². The second-order valence-corrected chi connectivity index (χ2v) is 6.14. The van der Waals surface area contributed by atoms with Gasteiger partial charge in [0, 0.05) is 6.54 Å². The Labute approximate surface area is 106 Å². The molecule has 17 heavy (non-hydrogen) atoms. The van der Waals surface area contributed by atoms with Crippen LogP contribution in [0.5, 0.6) is 0 Å². The van der Waals surface area contributed by atoms with Crippen LogP contribution in [-0.2, 0) is 6.42 Å². The summed E-state index contributed by atoms with van der Waals surface area (Å²) in [6, 6.07) is 2.07. The molecule has 1 rings (SSSR count). The quantitative estimate of drug-likeness (QED) is 0.781. The first-order valence-corrected chi connectivity index (χ1v) is 6.66. The van der Waals surface area contributed by atoms with Crippen molar-refractivity contribution in [1.82, 2.24) is 5.32 Å². The molecule has 0 aliphatic carbocycles. The molecule has 2 heteroatoms. The van der Waals surface area contributed by atoms with E-state index in [1.807, 2.05) is 6.26 Å². The lowest BCUT2D eigenvalue weighted by Gasteiger charge is -2.34. The molecule has 0 radical (unpaired) electrons. The van der Waals surface area contributed by atoms with Crippen molar-refractivity contribution in [3.8, 4) is 0 Å². The molecule has 98 valence electrons. The zero-order chi connectivity index (χ0) is 12.9. The molecule has 0 aliphatic rings. The van der Waals surface area contributed by atoms with Crippen molar-refractivity contribution in [2.75, 3.05) is 13.1 Å². The van der Waals surface area contributed by atoms with Gasteiger partial charge in [-0.05, 0) is 41.8 Å². The minimum Gasteiger partial charge on any atom is -0.472 e. The molecule has 0 saturated heterocycles. The van der Waals surface area contributed by atoms with Crippen LogP contribution in [0, 0.1) is 17.3 Å². The highest BCUT2D eigenvalue weighted by atomic mass is 16.3. The fourth-order valence-corrected chi connectivity index (χ4v) is 1.98. The second-order valence-electron chi connectivity index (χ2n) is 6.14. The fourth-order valence-electron chi connectivity index (χ4n) is 1.98. The van der Waals surface area contributed by atoms with E-state index in [1.54, 1.807) is 6.26 Å². The second kappa shape index (κ2) is 6.25. The van der Waals surface area contributed by atoms with Crippen molar-refractivity contribution in [1.29, 1.82) is 0 Å². The third-order valence-electron chi connectivity index (χ3n) is 3.66. The van der Waals surface area contributed by atoms with E-state index in [0.717, 1.165) is 19.5 Å². The van der Waals surface area contributed by atoms with E-state index >= 15 is 0 Å².